The van der Waals surface area contributed by atoms with Crippen LogP contribution in [0.3, 0.4) is 0 Å². The predicted molar refractivity (Wildman–Crippen MR) is 189 cm³/mol. The fraction of sp³-hybridized carbons (Fsp3) is 0.553. The number of hydrogen-bond acceptors (Lipinski definition) is 9. The van der Waals surface area contributed by atoms with Crippen molar-refractivity contribution in [1.82, 2.24) is 21.1 Å². The second-order valence-corrected chi connectivity index (χ2v) is 13.3. The number of carbonyl (C=O) groups is 5. The van der Waals surface area contributed by atoms with Crippen LogP contribution < -0.4 is 16.1 Å². The van der Waals surface area contributed by atoms with Gasteiger partial charge in [-0.05, 0) is 74.3 Å². The van der Waals surface area contributed by atoms with Gasteiger partial charge in [0.25, 0.3) is 5.91 Å². The number of amides is 3. The number of carbonyl (C=O) groups excluding carboxylic acids is 5. The molecule has 12 nitrogen and oxygen atoms in total. The molecule has 12 heteroatoms. The largest absolute Gasteiger partial charge is 0.508 e. The van der Waals surface area contributed by atoms with Crippen LogP contribution in [0.25, 0.3) is 0 Å². The molecule has 0 aromatic heterocycles. The first-order chi connectivity index (χ1) is 24.0. The number of esters is 1. The van der Waals surface area contributed by atoms with Gasteiger partial charge in [-0.15, -0.1) is 0 Å². The first-order valence-corrected chi connectivity index (χ1v) is 17.6. The highest BCUT2D eigenvalue weighted by molar-refractivity contribution is 5.93. The summed E-state index contributed by atoms with van der Waals surface area (Å²) in [5.41, 5.74) is 4.19. The average Bonchev–Trinajstić information content (AvgIpc) is 3.09. The van der Waals surface area contributed by atoms with Crippen LogP contribution in [0.1, 0.15) is 78.2 Å². The Morgan fingerprint density at radius 1 is 1.10 bits per heavy atom. The summed E-state index contributed by atoms with van der Waals surface area (Å²) in [4.78, 5) is 66.5. The van der Waals surface area contributed by atoms with Crippen molar-refractivity contribution in [2.75, 3.05) is 13.7 Å². The Kier molecular flexibility index (Phi) is 16.4. The van der Waals surface area contributed by atoms with Gasteiger partial charge in [0.2, 0.25) is 11.8 Å². The number of rotatable bonds is 8. The first-order valence-electron chi connectivity index (χ1n) is 17.6. The Morgan fingerprint density at radius 2 is 1.86 bits per heavy atom. The molecule has 2 bridgehead atoms. The molecule has 0 radical (unpaired) electrons. The fourth-order valence-corrected chi connectivity index (χ4v) is 6.24. The second-order valence-electron chi connectivity index (χ2n) is 13.3. The van der Waals surface area contributed by atoms with Gasteiger partial charge in [0.15, 0.2) is 0 Å². The molecule has 1 fully saturated rings. The molecule has 4 N–H and O–H groups in total. The van der Waals surface area contributed by atoms with E-state index in [-0.39, 0.29) is 30.5 Å². The summed E-state index contributed by atoms with van der Waals surface area (Å²) >= 11 is 0. The summed E-state index contributed by atoms with van der Waals surface area (Å²) in [6, 6.07) is 3.54. The Hall–Kier alpha value is -4.29. The van der Waals surface area contributed by atoms with Crippen LogP contribution in [0.4, 0.5) is 0 Å². The minimum atomic E-state index is -1.09. The highest BCUT2D eigenvalue weighted by Crippen LogP contribution is 2.22. The lowest BCUT2D eigenvalue weighted by atomic mass is 9.91. The van der Waals surface area contributed by atoms with Crippen LogP contribution in [0.2, 0.25) is 0 Å². The highest BCUT2D eigenvalue weighted by Gasteiger charge is 2.37. The SMILES string of the molecule is CCC[C@H]1C(=O)N[C@@H](C(C)C)C(=O)N[C@@H](Cc2cccc(O)c2)C(=O)N2CCC[C@H](N2)C(=O)O[C@H](/C(C)=C/C=O)C/C=C\C=C/CC[C@H]1OC. The Bertz CT molecular complexity index is 1410. The third-order valence-corrected chi connectivity index (χ3v) is 9.09. The van der Waals surface area contributed by atoms with E-state index >= 15 is 0 Å². The maximum atomic E-state index is 14.1. The standard InChI is InChI=1S/C38H54N4O8/c1-6-14-29-33(49-5)19-11-9-7-8-10-18-32(26(4)20-22-43)50-38(48)30-17-13-21-42(41-30)37(47)31(24-27-15-12-16-28(44)23-27)39-36(46)34(25(2)3)40-35(29)45/h7-10,12,15-16,20,22-23,25,29-34,41,44H,6,11,13-14,17-19,21,24H2,1-5H3,(H,39,46)(H,40,45)/b9-7-,10-8-,26-20+/t29-,30+,31+,32+,33-,34+/m1/s1. The van der Waals surface area contributed by atoms with Crippen molar-refractivity contribution in [2.45, 2.75) is 109 Å². The third-order valence-electron chi connectivity index (χ3n) is 9.09. The number of hydrazine groups is 1. The Labute approximate surface area is 295 Å². The second kappa shape index (κ2) is 20.4. The van der Waals surface area contributed by atoms with Crippen molar-refractivity contribution in [3.63, 3.8) is 0 Å². The molecule has 2 aliphatic heterocycles. The van der Waals surface area contributed by atoms with Crippen molar-refractivity contribution in [3.05, 3.63) is 65.8 Å². The number of phenolic OH excluding ortho intramolecular Hbond substituents is 1. The number of nitrogens with one attached hydrogen (secondary N) is 3. The van der Waals surface area contributed by atoms with E-state index in [0.717, 1.165) is 6.42 Å². The number of allylic oxidation sites excluding steroid dienone is 4. The van der Waals surface area contributed by atoms with E-state index in [1.165, 1.54) is 23.2 Å². The monoisotopic (exact) mass is 694 g/mol. The number of phenols is 1. The van der Waals surface area contributed by atoms with Crippen molar-refractivity contribution < 1.29 is 38.6 Å². The van der Waals surface area contributed by atoms with E-state index in [4.69, 9.17) is 9.47 Å². The maximum absolute atomic E-state index is 14.1. The van der Waals surface area contributed by atoms with Crippen LogP contribution in [0.15, 0.2) is 60.2 Å². The van der Waals surface area contributed by atoms with Gasteiger partial charge in [0.1, 0.15) is 36.3 Å². The number of nitrogens with zero attached hydrogens (tertiary/aromatic N) is 1. The lowest BCUT2D eigenvalue weighted by Gasteiger charge is -2.36. The molecule has 0 unspecified atom stereocenters. The molecule has 1 aromatic carbocycles. The topological polar surface area (TPSA) is 163 Å². The van der Waals surface area contributed by atoms with E-state index in [1.807, 2.05) is 45.1 Å². The summed E-state index contributed by atoms with van der Waals surface area (Å²) in [6.45, 7) is 7.63. The molecule has 2 aliphatic rings. The Balaban J connectivity index is 2.01. The normalized spacial score (nSPS) is 28.0. The number of fused-ring (bicyclic) bond motifs is 2. The van der Waals surface area contributed by atoms with Gasteiger partial charge in [-0.1, -0.05) is 63.6 Å². The van der Waals surface area contributed by atoms with Crippen LogP contribution in [-0.2, 0) is 39.9 Å². The van der Waals surface area contributed by atoms with Gasteiger partial charge in [-0.25, -0.2) is 5.43 Å². The molecule has 0 saturated carbocycles. The Morgan fingerprint density at radius 3 is 2.54 bits per heavy atom. The van der Waals surface area contributed by atoms with E-state index in [2.05, 4.69) is 16.1 Å². The zero-order valence-corrected chi connectivity index (χ0v) is 29.9. The summed E-state index contributed by atoms with van der Waals surface area (Å²) in [5, 5.41) is 17.3. The number of hydrogen-bond donors (Lipinski definition) is 4. The van der Waals surface area contributed by atoms with Gasteiger partial charge in [0, 0.05) is 26.5 Å². The fourth-order valence-electron chi connectivity index (χ4n) is 6.24. The van der Waals surface area contributed by atoms with Crippen LogP contribution in [-0.4, -0.2) is 84.1 Å². The number of ether oxygens (including phenoxy) is 2. The van der Waals surface area contributed by atoms with Crippen LogP contribution in [0.5, 0.6) is 5.75 Å². The lowest BCUT2D eigenvalue weighted by molar-refractivity contribution is -0.156. The number of benzene rings is 1. The minimum Gasteiger partial charge on any atom is -0.508 e. The molecular weight excluding hydrogens is 640 g/mol. The van der Waals surface area contributed by atoms with Gasteiger partial charge < -0.3 is 25.2 Å². The van der Waals surface area contributed by atoms with Crippen LogP contribution >= 0.6 is 0 Å². The minimum absolute atomic E-state index is 0.0133. The zero-order chi connectivity index (χ0) is 36.6. The zero-order valence-electron chi connectivity index (χ0n) is 29.9. The molecule has 3 amide bonds. The quantitative estimate of drug-likeness (QED) is 0.180. The van der Waals surface area contributed by atoms with E-state index < -0.39 is 54.0 Å². The molecule has 0 aliphatic carbocycles. The predicted octanol–water partition coefficient (Wildman–Crippen LogP) is 3.84. The average molecular weight is 695 g/mol. The maximum Gasteiger partial charge on any atom is 0.325 e. The smallest absolute Gasteiger partial charge is 0.325 e. The summed E-state index contributed by atoms with van der Waals surface area (Å²) in [5.74, 6) is -2.67. The number of methoxy groups -OCH3 is 1. The van der Waals surface area contributed by atoms with E-state index in [0.29, 0.717) is 55.9 Å². The molecule has 6 atom stereocenters. The molecule has 1 saturated heterocycles. The van der Waals surface area contributed by atoms with E-state index in [9.17, 15) is 29.1 Å². The third kappa shape index (κ3) is 11.9. The summed E-state index contributed by atoms with van der Waals surface area (Å²) < 4.78 is 11.7. The molecule has 274 valence electrons. The van der Waals surface area contributed by atoms with Crippen LogP contribution in [0, 0.1) is 11.8 Å². The molecule has 1 aromatic rings. The molecule has 50 heavy (non-hydrogen) atoms. The molecule has 3 rings (SSSR count). The van der Waals surface area contributed by atoms with Crippen molar-refractivity contribution in [1.29, 1.82) is 0 Å². The van der Waals surface area contributed by atoms with Crippen molar-refractivity contribution in [2.24, 2.45) is 11.8 Å². The van der Waals surface area contributed by atoms with Gasteiger partial charge in [-0.2, -0.15) is 0 Å². The van der Waals surface area contributed by atoms with Gasteiger partial charge in [-0.3, -0.25) is 29.0 Å². The molecular formula is C38H54N4O8. The first kappa shape index (κ1) is 40.1. The number of aromatic hydroxyl groups is 1. The number of aldehydes is 1. The van der Waals surface area contributed by atoms with Crippen molar-refractivity contribution >= 4 is 30.0 Å². The highest BCUT2D eigenvalue weighted by atomic mass is 16.5. The number of cyclic esters (lactones) is 1. The van der Waals surface area contributed by atoms with E-state index in [1.54, 1.807) is 26.2 Å². The molecule has 0 spiro atoms. The van der Waals surface area contributed by atoms with Gasteiger partial charge >= 0.3 is 5.97 Å². The lowest BCUT2D eigenvalue weighted by Crippen LogP contribution is -2.62. The summed E-state index contributed by atoms with van der Waals surface area (Å²) in [6.07, 6.45) is 12.3. The summed E-state index contributed by atoms with van der Waals surface area (Å²) in [7, 11) is 1.58. The molecule has 2 heterocycles. The van der Waals surface area contributed by atoms with Crippen molar-refractivity contribution in [3.8, 4) is 5.75 Å². The van der Waals surface area contributed by atoms with Gasteiger partial charge in [0.05, 0.1) is 12.0 Å².